The van der Waals surface area contributed by atoms with Gasteiger partial charge in [-0.25, -0.2) is 14.2 Å². The van der Waals surface area contributed by atoms with Crippen molar-refractivity contribution in [2.24, 2.45) is 0 Å². The van der Waals surface area contributed by atoms with Crippen LogP contribution in [0.2, 0.25) is 0 Å². The van der Waals surface area contributed by atoms with Gasteiger partial charge in [0.25, 0.3) is 0 Å². The predicted octanol–water partition coefficient (Wildman–Crippen LogP) is 4.87. The van der Waals surface area contributed by atoms with Crippen LogP contribution in [0.25, 0.3) is 0 Å². The summed E-state index contributed by atoms with van der Waals surface area (Å²) in [4.78, 5) is 32.2. The van der Waals surface area contributed by atoms with E-state index in [0.29, 0.717) is 48.0 Å². The molecule has 2 atom stereocenters. The van der Waals surface area contributed by atoms with Gasteiger partial charge in [-0.3, -0.25) is 9.69 Å². The fourth-order valence-corrected chi connectivity index (χ4v) is 5.32. The number of piperidine rings is 1. The number of nitrogens with one attached hydrogen (secondary N) is 2. The number of rotatable bonds is 11. The summed E-state index contributed by atoms with van der Waals surface area (Å²) in [5.74, 6) is -0.464. The molecule has 2 aromatic carbocycles. The summed E-state index contributed by atoms with van der Waals surface area (Å²) in [6, 6.07) is 16.5. The van der Waals surface area contributed by atoms with Gasteiger partial charge in [-0.15, -0.1) is 0 Å². The number of carbonyl (C=O) groups is 2. The molecule has 3 heterocycles. The quantitative estimate of drug-likeness (QED) is 0.296. The number of halogens is 1. The van der Waals surface area contributed by atoms with E-state index >= 15 is 0 Å². The molecule has 0 bridgehead atoms. The van der Waals surface area contributed by atoms with E-state index in [4.69, 9.17) is 19.5 Å². The minimum Gasteiger partial charge on any atom is -0.473 e. The highest BCUT2D eigenvalue weighted by atomic mass is 19.1. The molecule has 44 heavy (non-hydrogen) atoms. The number of anilines is 2. The summed E-state index contributed by atoms with van der Waals surface area (Å²) >= 11 is 0. The summed E-state index contributed by atoms with van der Waals surface area (Å²) in [7, 11) is 1.33. The van der Waals surface area contributed by atoms with Crippen molar-refractivity contribution in [3.8, 4) is 11.9 Å². The minimum absolute atomic E-state index is 0.01000. The Labute approximate surface area is 256 Å². The average Bonchev–Trinajstić information content (AvgIpc) is 3.03. The van der Waals surface area contributed by atoms with E-state index in [1.165, 1.54) is 13.2 Å². The molecule has 2 fully saturated rings. The molecule has 0 aliphatic carbocycles. The van der Waals surface area contributed by atoms with Gasteiger partial charge in [0, 0.05) is 36.4 Å². The van der Waals surface area contributed by atoms with Crippen molar-refractivity contribution in [3.05, 3.63) is 82.8 Å². The number of methoxy groups -OCH3 is 1. The van der Waals surface area contributed by atoms with Gasteiger partial charge in [-0.2, -0.15) is 5.26 Å². The molecule has 10 nitrogen and oxygen atoms in total. The number of benzene rings is 2. The van der Waals surface area contributed by atoms with Crippen LogP contribution in [0.5, 0.6) is 5.88 Å². The number of hydrogen-bond acceptors (Lipinski definition) is 9. The highest BCUT2D eigenvalue weighted by molar-refractivity contribution is 5.99. The third-order valence-electron chi connectivity index (χ3n) is 8.19. The van der Waals surface area contributed by atoms with E-state index in [1.54, 1.807) is 36.4 Å². The second-order valence-electron chi connectivity index (χ2n) is 11.0. The standard InChI is InChI=1S/C33H36FN5O5/c1-21(32(40)38-29-9-8-24(33(41)42-2)17-30(29)36-19-26-12-15-43-26)39-13-10-23(11-14-39)28-4-3-5-31(37-28)44-20-25-7-6-22(18-35)16-27(25)34/h3-9,16-17,21,23,26,36H,10-15,19-20H2,1-2H3,(H,38,40). The molecule has 2 N–H and O–H groups in total. The van der Waals surface area contributed by atoms with Crippen LogP contribution in [0.4, 0.5) is 15.8 Å². The molecule has 1 aromatic heterocycles. The number of likely N-dealkylation sites (tertiary alicyclic amines) is 1. The largest absolute Gasteiger partial charge is 0.473 e. The summed E-state index contributed by atoms with van der Waals surface area (Å²) < 4.78 is 30.4. The Balaban J connectivity index is 1.16. The Morgan fingerprint density at radius 3 is 2.61 bits per heavy atom. The SMILES string of the molecule is COC(=O)c1ccc(NC(=O)C(C)N2CCC(c3cccc(OCc4ccc(C#N)cc4F)n3)CC2)c(NCC2CCO2)c1. The van der Waals surface area contributed by atoms with Crippen LogP contribution < -0.4 is 15.4 Å². The van der Waals surface area contributed by atoms with E-state index in [0.717, 1.165) is 31.6 Å². The molecule has 3 aromatic rings. The van der Waals surface area contributed by atoms with Gasteiger partial charge in [0.15, 0.2) is 0 Å². The lowest BCUT2D eigenvalue weighted by atomic mass is 9.92. The molecule has 5 rings (SSSR count). The fourth-order valence-electron chi connectivity index (χ4n) is 5.32. The van der Waals surface area contributed by atoms with Crippen molar-refractivity contribution in [3.63, 3.8) is 0 Å². The van der Waals surface area contributed by atoms with Crippen molar-refractivity contribution >= 4 is 23.3 Å². The van der Waals surface area contributed by atoms with Crippen LogP contribution >= 0.6 is 0 Å². The molecule has 0 radical (unpaired) electrons. The van der Waals surface area contributed by atoms with Gasteiger partial charge in [0.05, 0.1) is 47.8 Å². The molecule has 230 valence electrons. The normalized spacial score (nSPS) is 17.5. The second kappa shape index (κ2) is 14.3. The van der Waals surface area contributed by atoms with Crippen molar-refractivity contribution in [2.45, 2.75) is 50.9 Å². The molecule has 2 saturated heterocycles. The molecular formula is C33H36FN5O5. The monoisotopic (exact) mass is 601 g/mol. The Hall–Kier alpha value is -4.53. The number of pyridine rings is 1. The third-order valence-corrected chi connectivity index (χ3v) is 8.19. The first-order valence-corrected chi connectivity index (χ1v) is 14.8. The van der Waals surface area contributed by atoms with Crippen molar-refractivity contribution in [2.75, 3.05) is 44.0 Å². The third kappa shape index (κ3) is 7.51. The van der Waals surface area contributed by atoms with Gasteiger partial charge in [0.2, 0.25) is 11.8 Å². The van der Waals surface area contributed by atoms with Crippen LogP contribution in [0, 0.1) is 17.1 Å². The van der Waals surface area contributed by atoms with Crippen LogP contribution in [0.3, 0.4) is 0 Å². The summed E-state index contributed by atoms with van der Waals surface area (Å²) in [5.41, 5.74) is 3.13. The number of ether oxygens (including phenoxy) is 3. The number of carbonyl (C=O) groups excluding carboxylic acids is 2. The Kier molecular flexibility index (Phi) is 10.0. The van der Waals surface area contributed by atoms with Crippen LogP contribution in [-0.4, -0.2) is 67.3 Å². The lowest BCUT2D eigenvalue weighted by molar-refractivity contribution is -0.121. The Bertz CT molecular complexity index is 1530. The number of nitriles is 1. The van der Waals surface area contributed by atoms with E-state index < -0.39 is 11.8 Å². The second-order valence-corrected chi connectivity index (χ2v) is 11.0. The van der Waals surface area contributed by atoms with Crippen LogP contribution in [0.15, 0.2) is 54.6 Å². The zero-order valence-corrected chi connectivity index (χ0v) is 24.8. The van der Waals surface area contributed by atoms with Gasteiger partial charge in [-0.05, 0) is 75.7 Å². The maximum Gasteiger partial charge on any atom is 0.337 e. The number of hydrogen-bond donors (Lipinski definition) is 2. The van der Waals surface area contributed by atoms with Gasteiger partial charge >= 0.3 is 5.97 Å². The molecule has 2 unspecified atom stereocenters. The van der Waals surface area contributed by atoms with Crippen LogP contribution in [-0.2, 0) is 20.9 Å². The number of esters is 1. The minimum atomic E-state index is -0.486. The molecule has 1 amide bonds. The predicted molar refractivity (Wildman–Crippen MR) is 162 cm³/mol. The van der Waals surface area contributed by atoms with Crippen molar-refractivity contribution < 1.29 is 28.2 Å². The highest BCUT2D eigenvalue weighted by Gasteiger charge is 2.29. The van der Waals surface area contributed by atoms with E-state index in [1.807, 2.05) is 25.1 Å². The summed E-state index contributed by atoms with van der Waals surface area (Å²) in [5, 5.41) is 15.3. The highest BCUT2D eigenvalue weighted by Crippen LogP contribution is 2.30. The zero-order chi connectivity index (χ0) is 31.1. The lowest BCUT2D eigenvalue weighted by Crippen LogP contribution is -2.45. The molecule has 0 saturated carbocycles. The molecular weight excluding hydrogens is 565 g/mol. The van der Waals surface area contributed by atoms with E-state index in [-0.39, 0.29) is 36.1 Å². The average molecular weight is 602 g/mol. The van der Waals surface area contributed by atoms with E-state index in [9.17, 15) is 14.0 Å². The smallest absolute Gasteiger partial charge is 0.337 e. The van der Waals surface area contributed by atoms with Gasteiger partial charge < -0.3 is 24.8 Å². The van der Waals surface area contributed by atoms with Crippen molar-refractivity contribution in [1.82, 2.24) is 9.88 Å². The Morgan fingerprint density at radius 2 is 1.93 bits per heavy atom. The molecule has 0 spiro atoms. The van der Waals surface area contributed by atoms with Gasteiger partial charge in [0.1, 0.15) is 12.4 Å². The lowest BCUT2D eigenvalue weighted by Gasteiger charge is -2.35. The van der Waals surface area contributed by atoms with E-state index in [2.05, 4.69) is 20.5 Å². The number of aromatic nitrogens is 1. The maximum absolute atomic E-state index is 14.2. The summed E-state index contributed by atoms with van der Waals surface area (Å²) in [6.45, 7) is 4.65. The maximum atomic E-state index is 14.2. The first-order chi connectivity index (χ1) is 21.3. The van der Waals surface area contributed by atoms with Gasteiger partial charge in [-0.1, -0.05) is 12.1 Å². The van der Waals surface area contributed by atoms with Crippen molar-refractivity contribution in [1.29, 1.82) is 5.26 Å². The summed E-state index contributed by atoms with van der Waals surface area (Å²) in [6.07, 6.45) is 2.71. The zero-order valence-electron chi connectivity index (χ0n) is 24.8. The fraction of sp³-hybridized carbons (Fsp3) is 0.394. The number of nitrogens with zero attached hydrogens (tertiary/aromatic N) is 3. The number of amides is 1. The van der Waals surface area contributed by atoms with Crippen LogP contribution in [0.1, 0.15) is 59.3 Å². The molecule has 11 heteroatoms. The molecule has 2 aliphatic rings. The Morgan fingerprint density at radius 1 is 1.14 bits per heavy atom. The first-order valence-electron chi connectivity index (χ1n) is 14.8. The molecule has 2 aliphatic heterocycles. The topological polar surface area (TPSA) is 126 Å². The first kappa shape index (κ1) is 30.9.